The number of carbonyl (C=O) groups excluding carboxylic acids is 1. The van der Waals surface area contributed by atoms with Crippen molar-refractivity contribution in [2.75, 3.05) is 6.61 Å². The number of aromatic amines is 1. The lowest BCUT2D eigenvalue weighted by molar-refractivity contribution is 0.103. The zero-order chi connectivity index (χ0) is 18.0. The molecular weight excluding hydrogens is 388 g/mol. The Balaban J connectivity index is 2.07. The second kappa shape index (κ2) is 6.96. The van der Waals surface area contributed by atoms with E-state index in [0.717, 1.165) is 4.47 Å². The van der Waals surface area contributed by atoms with Gasteiger partial charge in [0.25, 0.3) is 0 Å². The number of nitrogens with one attached hydrogen (secondary N) is 1. The molecule has 0 bridgehead atoms. The smallest absolute Gasteiger partial charge is 0.221 e. The van der Waals surface area contributed by atoms with Gasteiger partial charge in [0, 0.05) is 10.0 Å². The third-order valence-electron chi connectivity index (χ3n) is 3.65. The van der Waals surface area contributed by atoms with Gasteiger partial charge in [0.1, 0.15) is 11.8 Å². The van der Waals surface area contributed by atoms with Crippen molar-refractivity contribution in [2.24, 2.45) is 0 Å². The first-order valence-corrected chi connectivity index (χ1v) is 8.16. The molecule has 2 heterocycles. The van der Waals surface area contributed by atoms with Gasteiger partial charge in [0.15, 0.2) is 5.78 Å². The summed E-state index contributed by atoms with van der Waals surface area (Å²) in [6.45, 7) is 1.82. The van der Waals surface area contributed by atoms with Crippen LogP contribution < -0.4 is 0 Å². The Hall–Kier alpha value is -2.83. The molecule has 0 aliphatic carbocycles. The number of ketones is 1. The van der Waals surface area contributed by atoms with Gasteiger partial charge in [-0.15, -0.1) is 10.2 Å². The molecule has 0 spiro atoms. The lowest BCUT2D eigenvalue weighted by Gasteiger charge is -2.02. The highest BCUT2D eigenvalue weighted by Gasteiger charge is 2.24. The van der Waals surface area contributed by atoms with Gasteiger partial charge in [-0.3, -0.25) is 4.79 Å². The van der Waals surface area contributed by atoms with Gasteiger partial charge in [-0.2, -0.15) is 10.1 Å². The van der Waals surface area contributed by atoms with E-state index in [1.165, 1.54) is 4.80 Å². The minimum Gasteiger partial charge on any atom is -0.394 e. The number of benzene rings is 1. The quantitative estimate of drug-likeness (QED) is 0.630. The first kappa shape index (κ1) is 17.0. The maximum atomic E-state index is 12.9. The number of nitrogens with zero attached hydrogens (tertiary/aromatic N) is 5. The average Bonchev–Trinajstić information content (AvgIpc) is 3.18. The van der Waals surface area contributed by atoms with Crippen LogP contribution in [-0.4, -0.2) is 42.7 Å². The van der Waals surface area contributed by atoms with Gasteiger partial charge in [0.2, 0.25) is 5.82 Å². The number of aliphatic hydroxyl groups excluding tert-OH is 1. The highest BCUT2D eigenvalue weighted by Crippen LogP contribution is 2.27. The van der Waals surface area contributed by atoms with Crippen LogP contribution in [-0.2, 0) is 6.54 Å². The van der Waals surface area contributed by atoms with Crippen LogP contribution in [0.1, 0.15) is 27.2 Å². The number of carbonyl (C=O) groups is 1. The summed E-state index contributed by atoms with van der Waals surface area (Å²) in [5.41, 5.74) is 1.94. The van der Waals surface area contributed by atoms with Gasteiger partial charge < -0.3 is 10.1 Å². The van der Waals surface area contributed by atoms with Crippen molar-refractivity contribution in [2.45, 2.75) is 13.5 Å². The number of rotatable bonds is 5. The second-order valence-electron chi connectivity index (χ2n) is 5.26. The Morgan fingerprint density at radius 2 is 2.28 bits per heavy atom. The molecule has 0 unspecified atom stereocenters. The molecule has 0 saturated heterocycles. The molecule has 25 heavy (non-hydrogen) atoms. The molecule has 3 rings (SSSR count). The minimum atomic E-state index is -0.263. The predicted molar refractivity (Wildman–Crippen MR) is 91.7 cm³/mol. The van der Waals surface area contributed by atoms with E-state index in [0.29, 0.717) is 16.8 Å². The second-order valence-corrected chi connectivity index (χ2v) is 6.17. The van der Waals surface area contributed by atoms with E-state index >= 15 is 0 Å². The van der Waals surface area contributed by atoms with Crippen LogP contribution >= 0.6 is 15.9 Å². The molecule has 0 radical (unpaired) electrons. The van der Waals surface area contributed by atoms with E-state index < -0.39 is 0 Å². The standard InChI is InChI=1S/C16H13BrN6O2/c1-9-13(15(25)10-3-2-4-11(17)7-10)12(8-18)19-14(9)16-20-22-23(21-16)5-6-24/h2-4,7,19,24H,5-6H2,1H3. The molecule has 0 atom stereocenters. The number of aromatic nitrogens is 5. The highest BCUT2D eigenvalue weighted by atomic mass is 79.9. The van der Waals surface area contributed by atoms with Crippen LogP contribution in [0.15, 0.2) is 28.7 Å². The zero-order valence-corrected chi connectivity index (χ0v) is 14.8. The minimum absolute atomic E-state index is 0.116. The fourth-order valence-electron chi connectivity index (χ4n) is 2.49. The van der Waals surface area contributed by atoms with E-state index in [1.54, 1.807) is 25.1 Å². The summed E-state index contributed by atoms with van der Waals surface area (Å²) in [5, 5.41) is 30.2. The molecular formula is C16H13BrN6O2. The molecule has 2 N–H and O–H groups in total. The maximum Gasteiger partial charge on any atom is 0.221 e. The van der Waals surface area contributed by atoms with Crippen molar-refractivity contribution in [1.29, 1.82) is 5.26 Å². The Labute approximate surface area is 151 Å². The molecule has 0 aliphatic rings. The fraction of sp³-hybridized carbons (Fsp3) is 0.188. The van der Waals surface area contributed by atoms with Gasteiger partial charge >= 0.3 is 0 Å². The Morgan fingerprint density at radius 1 is 1.48 bits per heavy atom. The van der Waals surface area contributed by atoms with Crippen molar-refractivity contribution >= 4 is 21.7 Å². The molecule has 2 aromatic heterocycles. The zero-order valence-electron chi connectivity index (χ0n) is 13.2. The van der Waals surface area contributed by atoms with Crippen molar-refractivity contribution in [1.82, 2.24) is 25.2 Å². The largest absolute Gasteiger partial charge is 0.394 e. The van der Waals surface area contributed by atoms with Gasteiger partial charge in [0.05, 0.1) is 24.4 Å². The topological polar surface area (TPSA) is 120 Å². The number of H-pyrrole nitrogens is 1. The van der Waals surface area contributed by atoms with E-state index in [4.69, 9.17) is 5.11 Å². The fourth-order valence-corrected chi connectivity index (χ4v) is 2.89. The summed E-state index contributed by atoms with van der Waals surface area (Å²) < 4.78 is 0.777. The average molecular weight is 401 g/mol. The molecule has 0 fully saturated rings. The summed E-state index contributed by atoms with van der Waals surface area (Å²) in [4.78, 5) is 17.0. The van der Waals surface area contributed by atoms with Crippen LogP contribution in [0, 0.1) is 18.3 Å². The number of hydrogen-bond acceptors (Lipinski definition) is 6. The molecule has 1 aromatic carbocycles. The van der Waals surface area contributed by atoms with Gasteiger partial charge in [-0.05, 0) is 29.8 Å². The first-order valence-electron chi connectivity index (χ1n) is 7.37. The van der Waals surface area contributed by atoms with E-state index in [1.807, 2.05) is 12.1 Å². The first-order chi connectivity index (χ1) is 12.0. The number of tetrazole rings is 1. The maximum absolute atomic E-state index is 12.9. The Bertz CT molecular complexity index is 985. The Morgan fingerprint density at radius 3 is 2.96 bits per heavy atom. The molecule has 8 nitrogen and oxygen atoms in total. The van der Waals surface area contributed by atoms with E-state index in [9.17, 15) is 10.1 Å². The van der Waals surface area contributed by atoms with Crippen molar-refractivity contribution in [3.63, 3.8) is 0 Å². The van der Waals surface area contributed by atoms with Crippen molar-refractivity contribution < 1.29 is 9.90 Å². The number of nitriles is 1. The lowest BCUT2D eigenvalue weighted by Crippen LogP contribution is -2.05. The molecule has 0 amide bonds. The van der Waals surface area contributed by atoms with Gasteiger partial charge in [-0.1, -0.05) is 28.1 Å². The molecule has 9 heteroatoms. The molecule has 126 valence electrons. The summed E-state index contributed by atoms with van der Waals surface area (Å²) in [6.07, 6.45) is 0. The van der Waals surface area contributed by atoms with Gasteiger partial charge in [-0.25, -0.2) is 0 Å². The van der Waals surface area contributed by atoms with Crippen molar-refractivity contribution in [3.05, 3.63) is 51.1 Å². The van der Waals surface area contributed by atoms with Crippen molar-refractivity contribution in [3.8, 4) is 17.6 Å². The summed E-state index contributed by atoms with van der Waals surface area (Å²) >= 11 is 3.34. The third-order valence-corrected chi connectivity index (χ3v) is 4.15. The third kappa shape index (κ3) is 3.22. The normalized spacial score (nSPS) is 10.6. The van der Waals surface area contributed by atoms with Crippen LogP contribution in [0.25, 0.3) is 11.5 Å². The molecule has 3 aromatic rings. The van der Waals surface area contributed by atoms with Crippen LogP contribution in [0.2, 0.25) is 0 Å². The van der Waals surface area contributed by atoms with E-state index in [2.05, 4.69) is 36.3 Å². The predicted octanol–water partition coefficient (Wildman–Crippen LogP) is 1.83. The highest BCUT2D eigenvalue weighted by molar-refractivity contribution is 9.10. The summed E-state index contributed by atoms with van der Waals surface area (Å²) in [7, 11) is 0. The number of hydrogen-bond donors (Lipinski definition) is 2. The summed E-state index contributed by atoms with van der Waals surface area (Å²) in [6, 6.07) is 8.98. The summed E-state index contributed by atoms with van der Waals surface area (Å²) in [5.74, 6) is -0.00339. The van der Waals surface area contributed by atoms with Crippen LogP contribution in [0.3, 0.4) is 0 Å². The molecule has 0 aliphatic heterocycles. The Kier molecular flexibility index (Phi) is 4.74. The SMILES string of the molecule is Cc1c(-c2nnn(CCO)n2)[nH]c(C#N)c1C(=O)c1cccc(Br)c1. The van der Waals surface area contributed by atoms with Crippen LogP contribution in [0.4, 0.5) is 0 Å². The molecule has 0 saturated carbocycles. The number of aliphatic hydroxyl groups is 1. The van der Waals surface area contributed by atoms with E-state index in [-0.39, 0.29) is 36.0 Å². The number of halogens is 1. The monoisotopic (exact) mass is 400 g/mol. The lowest BCUT2D eigenvalue weighted by atomic mass is 9.99. The van der Waals surface area contributed by atoms with Crippen LogP contribution in [0.5, 0.6) is 0 Å².